The van der Waals surface area contributed by atoms with E-state index in [-0.39, 0.29) is 5.82 Å². The van der Waals surface area contributed by atoms with Gasteiger partial charge in [0.1, 0.15) is 5.82 Å². The molecule has 0 heterocycles. The summed E-state index contributed by atoms with van der Waals surface area (Å²) in [5, 5.41) is 6.49. The molecule has 2 rings (SSSR count). The summed E-state index contributed by atoms with van der Waals surface area (Å²) in [6, 6.07) is 11.8. The van der Waals surface area contributed by atoms with Crippen LogP contribution in [0, 0.1) is 12.7 Å². The van der Waals surface area contributed by atoms with E-state index in [0.29, 0.717) is 18.0 Å². The van der Waals surface area contributed by atoms with E-state index in [2.05, 4.69) is 15.6 Å². The highest BCUT2D eigenvalue weighted by Gasteiger charge is 2.06. The van der Waals surface area contributed by atoms with Gasteiger partial charge in [-0.05, 0) is 67.6 Å². The molecule has 2 N–H and O–H groups in total. The second-order valence-corrected chi connectivity index (χ2v) is 8.69. The lowest BCUT2D eigenvalue weighted by atomic mass is 10.1. The zero-order valence-corrected chi connectivity index (χ0v) is 17.4. The topological polar surface area (TPSA) is 70.6 Å². The lowest BCUT2D eigenvalue weighted by molar-refractivity contribution is 0.602. The molecule has 0 aliphatic rings. The third-order valence-corrected chi connectivity index (χ3v) is 5.49. The van der Waals surface area contributed by atoms with E-state index < -0.39 is 9.84 Å². The first-order valence-electron chi connectivity index (χ1n) is 9.36. The molecule has 0 amide bonds. The Labute approximate surface area is 167 Å². The predicted octanol–water partition coefficient (Wildman–Crippen LogP) is 2.88. The Morgan fingerprint density at radius 2 is 1.79 bits per heavy atom. The van der Waals surface area contributed by atoms with E-state index >= 15 is 0 Å². The van der Waals surface area contributed by atoms with Crippen LogP contribution in [0.25, 0.3) is 0 Å². The Kier molecular flexibility index (Phi) is 7.99. The third-order valence-electron chi connectivity index (χ3n) is 4.36. The number of sulfone groups is 1. The molecule has 0 aromatic heterocycles. The number of hydrogen-bond acceptors (Lipinski definition) is 3. The Morgan fingerprint density at radius 3 is 2.39 bits per heavy atom. The van der Waals surface area contributed by atoms with E-state index in [0.717, 1.165) is 42.0 Å². The molecule has 5 nitrogen and oxygen atoms in total. The molecule has 0 unspecified atom stereocenters. The van der Waals surface area contributed by atoms with Crippen molar-refractivity contribution in [3.05, 3.63) is 65.0 Å². The van der Waals surface area contributed by atoms with Gasteiger partial charge in [-0.25, -0.2) is 12.8 Å². The molecule has 0 atom stereocenters. The molecule has 0 spiro atoms. The molecule has 7 heteroatoms. The van der Waals surface area contributed by atoms with Gasteiger partial charge in [0.05, 0.1) is 4.90 Å². The van der Waals surface area contributed by atoms with Crippen molar-refractivity contribution in [3.8, 4) is 0 Å². The second-order valence-electron chi connectivity index (χ2n) is 6.67. The van der Waals surface area contributed by atoms with Crippen LogP contribution >= 0.6 is 0 Å². The first-order chi connectivity index (χ1) is 13.3. The number of guanidine groups is 1. The second kappa shape index (κ2) is 10.2. The molecule has 0 radical (unpaired) electrons. The molecule has 0 aliphatic carbocycles. The molecule has 0 fully saturated rings. The molecular weight excluding hydrogens is 377 g/mol. The lowest BCUT2D eigenvalue weighted by Crippen LogP contribution is -2.38. The highest BCUT2D eigenvalue weighted by atomic mass is 32.2. The van der Waals surface area contributed by atoms with Crippen molar-refractivity contribution in [1.82, 2.24) is 10.6 Å². The highest BCUT2D eigenvalue weighted by Crippen LogP contribution is 2.11. The van der Waals surface area contributed by atoms with Gasteiger partial charge in [0.2, 0.25) is 0 Å². The first-order valence-corrected chi connectivity index (χ1v) is 11.2. The number of hydrogen-bond donors (Lipinski definition) is 2. The fourth-order valence-electron chi connectivity index (χ4n) is 2.80. The van der Waals surface area contributed by atoms with Gasteiger partial charge in [0.15, 0.2) is 15.8 Å². The van der Waals surface area contributed by atoms with Crippen LogP contribution in [0.3, 0.4) is 0 Å². The number of nitrogens with zero attached hydrogens (tertiary/aromatic N) is 1. The molecule has 0 bridgehead atoms. The smallest absolute Gasteiger partial charge is 0.191 e. The summed E-state index contributed by atoms with van der Waals surface area (Å²) in [5.41, 5.74) is 3.08. The molecular formula is C21H28FN3O2S. The Morgan fingerprint density at radius 1 is 1.07 bits per heavy atom. The average Bonchev–Trinajstić information content (AvgIpc) is 2.63. The Balaban J connectivity index is 1.87. The Hall–Kier alpha value is -2.41. The maximum atomic E-state index is 13.2. The number of aryl methyl sites for hydroxylation is 1. The fraction of sp³-hybridized carbons (Fsp3) is 0.381. The van der Waals surface area contributed by atoms with E-state index in [4.69, 9.17) is 0 Å². The minimum Gasteiger partial charge on any atom is -0.357 e. The van der Waals surface area contributed by atoms with Crippen molar-refractivity contribution < 1.29 is 12.8 Å². The van der Waals surface area contributed by atoms with Crippen LogP contribution in [0.4, 0.5) is 4.39 Å². The maximum Gasteiger partial charge on any atom is 0.191 e. The molecule has 2 aromatic carbocycles. The number of nitrogens with one attached hydrogen (secondary N) is 2. The van der Waals surface area contributed by atoms with Crippen molar-refractivity contribution in [2.45, 2.75) is 31.6 Å². The first kappa shape index (κ1) is 21.9. The van der Waals surface area contributed by atoms with Crippen LogP contribution in [-0.2, 0) is 22.7 Å². The summed E-state index contributed by atoms with van der Waals surface area (Å²) in [4.78, 5) is 4.90. The van der Waals surface area contributed by atoms with Gasteiger partial charge in [-0.1, -0.05) is 18.2 Å². The fourth-order valence-corrected chi connectivity index (χ4v) is 3.43. The summed E-state index contributed by atoms with van der Waals surface area (Å²) < 4.78 is 36.2. The van der Waals surface area contributed by atoms with Gasteiger partial charge in [0.25, 0.3) is 0 Å². The quantitative estimate of drug-likeness (QED) is 0.523. The van der Waals surface area contributed by atoms with Crippen molar-refractivity contribution >= 4 is 15.8 Å². The summed E-state index contributed by atoms with van der Waals surface area (Å²) in [6.45, 7) is 5.95. The van der Waals surface area contributed by atoms with Crippen molar-refractivity contribution in [2.75, 3.05) is 25.9 Å². The van der Waals surface area contributed by atoms with Crippen LogP contribution in [-0.4, -0.2) is 40.3 Å². The van der Waals surface area contributed by atoms with Crippen LogP contribution < -0.4 is 10.6 Å². The van der Waals surface area contributed by atoms with E-state index in [1.54, 1.807) is 18.2 Å². The SMILES string of the molecule is CCNC(=NCCc1ccc(F)cc1C)NCCc1ccc(S(C)(=O)=O)cc1. The van der Waals surface area contributed by atoms with Crippen LogP contribution in [0.5, 0.6) is 0 Å². The summed E-state index contributed by atoms with van der Waals surface area (Å²) in [6.07, 6.45) is 2.71. The zero-order valence-electron chi connectivity index (χ0n) is 16.6. The minimum atomic E-state index is -3.17. The lowest BCUT2D eigenvalue weighted by Gasteiger charge is -2.12. The molecule has 2 aromatic rings. The van der Waals surface area contributed by atoms with E-state index in [1.165, 1.54) is 18.4 Å². The van der Waals surface area contributed by atoms with E-state index in [1.807, 2.05) is 26.0 Å². The maximum absolute atomic E-state index is 13.2. The van der Waals surface area contributed by atoms with Gasteiger partial charge in [-0.2, -0.15) is 0 Å². The molecule has 28 heavy (non-hydrogen) atoms. The van der Waals surface area contributed by atoms with E-state index in [9.17, 15) is 12.8 Å². The molecule has 0 aliphatic heterocycles. The van der Waals surface area contributed by atoms with Gasteiger partial charge >= 0.3 is 0 Å². The van der Waals surface area contributed by atoms with Gasteiger partial charge in [-0.15, -0.1) is 0 Å². The number of aliphatic imine (C=N–C) groups is 1. The number of halogens is 1. The average molecular weight is 406 g/mol. The highest BCUT2D eigenvalue weighted by molar-refractivity contribution is 7.90. The third kappa shape index (κ3) is 6.96. The van der Waals surface area contributed by atoms with Gasteiger partial charge in [-0.3, -0.25) is 4.99 Å². The summed E-state index contributed by atoms with van der Waals surface area (Å²) in [5.74, 6) is 0.513. The van der Waals surface area contributed by atoms with Crippen LogP contribution in [0.2, 0.25) is 0 Å². The summed E-state index contributed by atoms with van der Waals surface area (Å²) >= 11 is 0. The van der Waals surface area contributed by atoms with Crippen LogP contribution in [0.1, 0.15) is 23.6 Å². The number of benzene rings is 2. The normalized spacial score (nSPS) is 12.1. The van der Waals surface area contributed by atoms with Crippen molar-refractivity contribution in [3.63, 3.8) is 0 Å². The molecule has 0 saturated carbocycles. The van der Waals surface area contributed by atoms with Crippen molar-refractivity contribution in [1.29, 1.82) is 0 Å². The summed E-state index contributed by atoms with van der Waals surface area (Å²) in [7, 11) is -3.17. The van der Waals surface area contributed by atoms with Crippen molar-refractivity contribution in [2.24, 2.45) is 4.99 Å². The van der Waals surface area contributed by atoms with Gasteiger partial charge in [0, 0.05) is 25.9 Å². The van der Waals surface area contributed by atoms with Crippen LogP contribution in [0.15, 0.2) is 52.4 Å². The largest absolute Gasteiger partial charge is 0.357 e. The Bertz CT molecular complexity index is 910. The standard InChI is InChI=1S/C21H28FN3O2S/c1-4-23-21(25-14-12-18-7-8-19(22)15-16(18)2)24-13-11-17-5-9-20(10-6-17)28(3,26)27/h5-10,15H,4,11-14H2,1-3H3,(H2,23,24,25). The molecule has 152 valence electrons. The molecule has 0 saturated heterocycles. The monoisotopic (exact) mass is 405 g/mol. The number of rotatable bonds is 8. The van der Waals surface area contributed by atoms with Gasteiger partial charge < -0.3 is 10.6 Å². The zero-order chi connectivity index (χ0) is 20.6. The predicted molar refractivity (Wildman–Crippen MR) is 112 cm³/mol. The minimum absolute atomic E-state index is 0.218.